The van der Waals surface area contributed by atoms with Gasteiger partial charge in [-0.25, -0.2) is 9.97 Å². The average molecular weight is 339 g/mol. The number of aromatic nitrogens is 6. The zero-order valence-corrected chi connectivity index (χ0v) is 15.3. The first kappa shape index (κ1) is 15.9. The molecule has 0 spiro atoms. The summed E-state index contributed by atoms with van der Waals surface area (Å²) in [5.41, 5.74) is 3.28. The van der Waals surface area contributed by atoms with Crippen LogP contribution in [-0.4, -0.2) is 42.0 Å². The van der Waals surface area contributed by atoms with Gasteiger partial charge in [-0.3, -0.25) is 9.25 Å². The summed E-state index contributed by atoms with van der Waals surface area (Å²) in [5.74, 6) is 1.95. The smallest absolute Gasteiger partial charge is 0.175 e. The van der Waals surface area contributed by atoms with Crippen molar-refractivity contribution in [2.24, 2.45) is 7.05 Å². The Morgan fingerprint density at radius 2 is 1.92 bits per heavy atom. The van der Waals surface area contributed by atoms with Gasteiger partial charge in [-0.1, -0.05) is 0 Å². The van der Waals surface area contributed by atoms with Gasteiger partial charge in [0.15, 0.2) is 11.6 Å². The van der Waals surface area contributed by atoms with Crippen LogP contribution in [0, 0.1) is 6.92 Å². The standard InChI is InChI=1S/C18H25N7/c1-13(2)25-12-19-11-15(25)17-20-7-10-24(17)16-14(3)22(4)21-18(16)23-8-5-6-9-23/h7,10-13H,5-6,8-9H2,1-4H3. The highest BCUT2D eigenvalue weighted by molar-refractivity contribution is 5.65. The Kier molecular flexibility index (Phi) is 3.86. The molecule has 7 nitrogen and oxygen atoms in total. The predicted octanol–water partition coefficient (Wildman–Crippen LogP) is 2.96. The first-order chi connectivity index (χ1) is 12.1. The molecule has 0 bridgehead atoms. The zero-order chi connectivity index (χ0) is 17.6. The summed E-state index contributed by atoms with van der Waals surface area (Å²) in [6.45, 7) is 8.56. The molecule has 1 saturated heterocycles. The fourth-order valence-electron chi connectivity index (χ4n) is 3.57. The third-order valence-electron chi connectivity index (χ3n) is 5.02. The Labute approximate surface area is 147 Å². The van der Waals surface area contributed by atoms with Gasteiger partial charge < -0.3 is 9.47 Å². The van der Waals surface area contributed by atoms with E-state index in [-0.39, 0.29) is 0 Å². The number of anilines is 1. The van der Waals surface area contributed by atoms with Crippen molar-refractivity contribution in [3.05, 3.63) is 30.6 Å². The summed E-state index contributed by atoms with van der Waals surface area (Å²) in [4.78, 5) is 11.4. The monoisotopic (exact) mass is 339 g/mol. The van der Waals surface area contributed by atoms with Gasteiger partial charge in [0.05, 0.1) is 18.2 Å². The first-order valence-corrected chi connectivity index (χ1v) is 8.92. The molecule has 3 aromatic rings. The minimum Gasteiger partial charge on any atom is -0.353 e. The van der Waals surface area contributed by atoms with Crippen LogP contribution in [0.3, 0.4) is 0 Å². The van der Waals surface area contributed by atoms with Gasteiger partial charge in [0.2, 0.25) is 0 Å². The molecule has 7 heteroatoms. The van der Waals surface area contributed by atoms with Gasteiger partial charge in [-0.15, -0.1) is 0 Å². The fraction of sp³-hybridized carbons (Fsp3) is 0.500. The van der Waals surface area contributed by atoms with Gasteiger partial charge in [0.25, 0.3) is 0 Å². The first-order valence-electron chi connectivity index (χ1n) is 8.92. The molecule has 3 aromatic heterocycles. The number of imidazole rings is 2. The highest BCUT2D eigenvalue weighted by Gasteiger charge is 2.25. The van der Waals surface area contributed by atoms with E-state index in [1.807, 2.05) is 36.6 Å². The topological polar surface area (TPSA) is 56.7 Å². The maximum atomic E-state index is 4.80. The lowest BCUT2D eigenvalue weighted by Gasteiger charge is -2.18. The van der Waals surface area contributed by atoms with E-state index in [2.05, 4.69) is 44.8 Å². The van der Waals surface area contributed by atoms with Gasteiger partial charge >= 0.3 is 0 Å². The lowest BCUT2D eigenvalue weighted by atomic mass is 10.3. The molecule has 1 aliphatic heterocycles. The molecule has 0 amide bonds. The van der Waals surface area contributed by atoms with E-state index in [1.54, 1.807) is 0 Å². The quantitative estimate of drug-likeness (QED) is 0.733. The van der Waals surface area contributed by atoms with Crippen LogP contribution in [0.1, 0.15) is 38.4 Å². The van der Waals surface area contributed by atoms with Crippen LogP contribution in [0.2, 0.25) is 0 Å². The van der Waals surface area contributed by atoms with E-state index in [0.29, 0.717) is 6.04 Å². The molecule has 25 heavy (non-hydrogen) atoms. The van der Waals surface area contributed by atoms with Crippen molar-refractivity contribution < 1.29 is 0 Å². The molecule has 4 rings (SSSR count). The lowest BCUT2D eigenvalue weighted by Crippen LogP contribution is -2.20. The highest BCUT2D eigenvalue weighted by atomic mass is 15.4. The third-order valence-corrected chi connectivity index (χ3v) is 5.02. The molecule has 1 fully saturated rings. The molecule has 1 aliphatic rings. The summed E-state index contributed by atoms with van der Waals surface area (Å²) in [5, 5.41) is 4.80. The van der Waals surface area contributed by atoms with Crippen LogP contribution < -0.4 is 4.90 Å². The molecular weight excluding hydrogens is 314 g/mol. The summed E-state index contributed by atoms with van der Waals surface area (Å²) in [6.07, 6.45) is 10.1. The van der Waals surface area contributed by atoms with Crippen molar-refractivity contribution in [3.63, 3.8) is 0 Å². The Morgan fingerprint density at radius 3 is 2.64 bits per heavy atom. The largest absolute Gasteiger partial charge is 0.353 e. The van der Waals surface area contributed by atoms with Gasteiger partial charge in [0.1, 0.15) is 11.4 Å². The summed E-state index contributed by atoms with van der Waals surface area (Å²) < 4.78 is 6.28. The Balaban J connectivity index is 1.87. The van der Waals surface area contributed by atoms with E-state index in [4.69, 9.17) is 5.10 Å². The van der Waals surface area contributed by atoms with E-state index in [0.717, 1.165) is 41.8 Å². The van der Waals surface area contributed by atoms with Gasteiger partial charge in [0, 0.05) is 38.6 Å². The van der Waals surface area contributed by atoms with Crippen molar-refractivity contribution in [1.29, 1.82) is 0 Å². The second-order valence-corrected chi connectivity index (χ2v) is 6.98. The molecule has 4 heterocycles. The minimum atomic E-state index is 0.329. The molecule has 0 N–H and O–H groups in total. The van der Waals surface area contributed by atoms with Crippen LogP contribution in [0.25, 0.3) is 17.2 Å². The summed E-state index contributed by atoms with van der Waals surface area (Å²) in [7, 11) is 2.01. The molecule has 0 unspecified atom stereocenters. The second kappa shape index (κ2) is 6.06. The predicted molar refractivity (Wildman–Crippen MR) is 98.1 cm³/mol. The lowest BCUT2D eigenvalue weighted by molar-refractivity contribution is 0.603. The third kappa shape index (κ3) is 2.54. The van der Waals surface area contributed by atoms with Crippen molar-refractivity contribution in [2.75, 3.05) is 18.0 Å². The molecule has 0 aliphatic carbocycles. The van der Waals surface area contributed by atoms with Crippen LogP contribution in [0.15, 0.2) is 24.9 Å². The number of aryl methyl sites for hydroxylation is 1. The van der Waals surface area contributed by atoms with Gasteiger partial charge in [-0.2, -0.15) is 5.10 Å². The van der Waals surface area contributed by atoms with Crippen LogP contribution in [0.5, 0.6) is 0 Å². The SMILES string of the molecule is Cc1c(-n2ccnc2-c2cncn2C(C)C)c(N2CCCC2)nn1C. The van der Waals surface area contributed by atoms with E-state index in [9.17, 15) is 0 Å². The number of rotatable bonds is 4. The average Bonchev–Trinajstić information content (AvgIpc) is 3.34. The number of nitrogens with zero attached hydrogens (tertiary/aromatic N) is 7. The van der Waals surface area contributed by atoms with E-state index < -0.39 is 0 Å². The van der Waals surface area contributed by atoms with Gasteiger partial charge in [-0.05, 0) is 33.6 Å². The Bertz CT molecular complexity index is 877. The van der Waals surface area contributed by atoms with E-state index >= 15 is 0 Å². The van der Waals surface area contributed by atoms with Crippen LogP contribution >= 0.6 is 0 Å². The number of hydrogen-bond donors (Lipinski definition) is 0. The Morgan fingerprint density at radius 1 is 1.16 bits per heavy atom. The van der Waals surface area contributed by atoms with Crippen molar-refractivity contribution >= 4 is 5.82 Å². The molecule has 0 saturated carbocycles. The summed E-state index contributed by atoms with van der Waals surface area (Å²) in [6, 6.07) is 0.329. The molecular formula is C18H25N7. The minimum absolute atomic E-state index is 0.329. The Hall–Kier alpha value is -2.57. The fourth-order valence-corrected chi connectivity index (χ4v) is 3.57. The molecule has 0 atom stereocenters. The van der Waals surface area contributed by atoms with E-state index in [1.165, 1.54) is 12.8 Å². The molecule has 132 valence electrons. The highest BCUT2D eigenvalue weighted by Crippen LogP contribution is 2.32. The maximum absolute atomic E-state index is 4.80. The van der Waals surface area contributed by atoms with Crippen molar-refractivity contribution in [2.45, 2.75) is 39.7 Å². The zero-order valence-electron chi connectivity index (χ0n) is 15.3. The normalized spacial score (nSPS) is 14.8. The molecule has 0 radical (unpaired) electrons. The number of hydrogen-bond acceptors (Lipinski definition) is 4. The van der Waals surface area contributed by atoms with Crippen LogP contribution in [0.4, 0.5) is 5.82 Å². The van der Waals surface area contributed by atoms with Crippen LogP contribution in [-0.2, 0) is 7.05 Å². The summed E-state index contributed by atoms with van der Waals surface area (Å²) >= 11 is 0. The van der Waals surface area contributed by atoms with Crippen molar-refractivity contribution in [1.82, 2.24) is 28.9 Å². The maximum Gasteiger partial charge on any atom is 0.175 e. The second-order valence-electron chi connectivity index (χ2n) is 6.98. The van der Waals surface area contributed by atoms with Crippen molar-refractivity contribution in [3.8, 4) is 17.2 Å². The molecule has 0 aromatic carbocycles.